The molecular weight excluding hydrogens is 185 g/mol. The molecule has 14 heavy (non-hydrogen) atoms. The summed E-state index contributed by atoms with van der Waals surface area (Å²) in [5.74, 6) is 0.209. The van der Waals surface area contributed by atoms with Gasteiger partial charge >= 0.3 is 5.69 Å². The minimum Gasteiger partial charge on any atom is -0.293 e. The highest BCUT2D eigenvalue weighted by molar-refractivity contribution is 5.19. The Balaban J connectivity index is 2.22. The number of halogens is 1. The molecule has 0 aliphatic rings. The third-order valence-electron chi connectivity index (χ3n) is 1.81. The number of nitrogens with one attached hydrogen (secondary N) is 2. The van der Waals surface area contributed by atoms with Crippen LogP contribution in [0.1, 0.15) is 11.4 Å². The lowest BCUT2D eigenvalue weighted by molar-refractivity contribution is 0.626. The van der Waals surface area contributed by atoms with Gasteiger partial charge in [-0.1, -0.05) is 12.1 Å². The van der Waals surface area contributed by atoms with Crippen molar-refractivity contribution in [3.05, 3.63) is 52.0 Å². The van der Waals surface area contributed by atoms with Crippen LogP contribution in [0.2, 0.25) is 0 Å². The maximum atomic E-state index is 12.8. The Labute approximate surface area is 78.8 Å². The molecular formula is C9H8FN3O. The summed E-state index contributed by atoms with van der Waals surface area (Å²) in [6.45, 7) is 0. The molecule has 72 valence electrons. The second kappa shape index (κ2) is 3.45. The number of H-pyrrole nitrogens is 2. The summed E-state index contributed by atoms with van der Waals surface area (Å²) in [4.78, 5) is 13.2. The number of aromatic nitrogens is 3. The highest BCUT2D eigenvalue weighted by Gasteiger charge is 2.00. The molecule has 1 aromatic carbocycles. The Bertz CT molecular complexity index is 489. The van der Waals surface area contributed by atoms with E-state index in [0.717, 1.165) is 5.56 Å². The standard InChI is InChI=1S/C9H8FN3O/c10-7-3-1-2-6(4-7)5-8-11-9(14)13-12-8/h1-4H,5H2,(H2,11,12,13,14). The lowest BCUT2D eigenvalue weighted by atomic mass is 10.1. The van der Waals surface area contributed by atoms with Crippen molar-refractivity contribution in [3.8, 4) is 0 Å². The zero-order valence-electron chi connectivity index (χ0n) is 7.25. The van der Waals surface area contributed by atoms with Crippen molar-refractivity contribution >= 4 is 0 Å². The summed E-state index contributed by atoms with van der Waals surface area (Å²) in [5.41, 5.74) is 0.421. The molecule has 2 N–H and O–H groups in total. The summed E-state index contributed by atoms with van der Waals surface area (Å²) < 4.78 is 12.8. The number of rotatable bonds is 2. The summed E-state index contributed by atoms with van der Waals surface area (Å²) in [5, 5.41) is 5.97. The summed E-state index contributed by atoms with van der Waals surface area (Å²) in [6, 6.07) is 6.18. The molecule has 0 unspecified atom stereocenters. The van der Waals surface area contributed by atoms with E-state index < -0.39 is 0 Å². The van der Waals surface area contributed by atoms with Crippen molar-refractivity contribution in [2.75, 3.05) is 0 Å². The first-order valence-corrected chi connectivity index (χ1v) is 4.12. The maximum absolute atomic E-state index is 12.8. The van der Waals surface area contributed by atoms with Crippen LogP contribution < -0.4 is 5.69 Å². The van der Waals surface area contributed by atoms with E-state index in [0.29, 0.717) is 12.2 Å². The van der Waals surface area contributed by atoms with Crippen molar-refractivity contribution in [2.45, 2.75) is 6.42 Å². The predicted octanol–water partition coefficient (Wildman–Crippen LogP) is 0.828. The second-order valence-corrected chi connectivity index (χ2v) is 2.93. The van der Waals surface area contributed by atoms with Crippen molar-refractivity contribution < 1.29 is 4.39 Å². The van der Waals surface area contributed by atoms with Crippen LogP contribution in [0.3, 0.4) is 0 Å². The Kier molecular flexibility index (Phi) is 2.14. The Hall–Kier alpha value is -1.91. The van der Waals surface area contributed by atoms with E-state index in [1.54, 1.807) is 12.1 Å². The third-order valence-corrected chi connectivity index (χ3v) is 1.81. The monoisotopic (exact) mass is 193 g/mol. The van der Waals surface area contributed by atoms with Crippen LogP contribution in [0, 0.1) is 5.82 Å². The van der Waals surface area contributed by atoms with E-state index in [-0.39, 0.29) is 11.5 Å². The zero-order chi connectivity index (χ0) is 9.97. The average Bonchev–Trinajstić information content (AvgIpc) is 2.51. The average molecular weight is 193 g/mol. The topological polar surface area (TPSA) is 61.5 Å². The number of hydrogen-bond donors (Lipinski definition) is 2. The van der Waals surface area contributed by atoms with Gasteiger partial charge in [-0.25, -0.2) is 14.3 Å². The van der Waals surface area contributed by atoms with Crippen LogP contribution in [0.5, 0.6) is 0 Å². The van der Waals surface area contributed by atoms with Gasteiger partial charge < -0.3 is 0 Å². The molecule has 0 aliphatic carbocycles. The first kappa shape index (κ1) is 8.68. The van der Waals surface area contributed by atoms with E-state index in [2.05, 4.69) is 15.2 Å². The smallest absolute Gasteiger partial charge is 0.293 e. The molecule has 5 heteroatoms. The SMILES string of the molecule is O=c1[nH]nc(Cc2cccc(F)c2)[nH]1. The fourth-order valence-corrected chi connectivity index (χ4v) is 1.23. The number of nitrogens with zero attached hydrogens (tertiary/aromatic N) is 1. The van der Waals surface area contributed by atoms with Crippen LogP contribution in [-0.4, -0.2) is 15.2 Å². The minimum absolute atomic E-state index is 0.291. The lowest BCUT2D eigenvalue weighted by Crippen LogP contribution is -2.01. The quantitative estimate of drug-likeness (QED) is 0.742. The zero-order valence-corrected chi connectivity index (χ0v) is 7.25. The molecule has 0 saturated heterocycles. The molecule has 2 rings (SSSR count). The Morgan fingerprint density at radius 2 is 2.29 bits per heavy atom. The van der Waals surface area contributed by atoms with E-state index in [4.69, 9.17) is 0 Å². The Morgan fingerprint density at radius 1 is 1.43 bits per heavy atom. The highest BCUT2D eigenvalue weighted by Crippen LogP contribution is 2.06. The molecule has 0 fully saturated rings. The normalized spacial score (nSPS) is 10.4. The van der Waals surface area contributed by atoms with Gasteiger partial charge in [-0.05, 0) is 17.7 Å². The van der Waals surface area contributed by atoms with Gasteiger partial charge in [0.25, 0.3) is 0 Å². The van der Waals surface area contributed by atoms with Gasteiger partial charge in [-0.3, -0.25) is 4.98 Å². The molecule has 2 aromatic rings. The lowest BCUT2D eigenvalue weighted by Gasteiger charge is -1.96. The summed E-state index contributed by atoms with van der Waals surface area (Å²) in [6.07, 6.45) is 0.413. The molecule has 0 aliphatic heterocycles. The van der Waals surface area contributed by atoms with Crippen molar-refractivity contribution in [1.82, 2.24) is 15.2 Å². The van der Waals surface area contributed by atoms with Gasteiger partial charge in [-0.2, -0.15) is 5.10 Å². The van der Waals surface area contributed by atoms with Crippen molar-refractivity contribution in [2.24, 2.45) is 0 Å². The first-order valence-electron chi connectivity index (χ1n) is 4.12. The molecule has 0 radical (unpaired) electrons. The molecule has 0 atom stereocenters. The largest absolute Gasteiger partial charge is 0.340 e. The number of benzene rings is 1. The Morgan fingerprint density at radius 3 is 2.93 bits per heavy atom. The van der Waals surface area contributed by atoms with Gasteiger partial charge in [-0.15, -0.1) is 0 Å². The molecule has 1 aromatic heterocycles. The van der Waals surface area contributed by atoms with Crippen LogP contribution in [0.15, 0.2) is 29.1 Å². The fraction of sp³-hybridized carbons (Fsp3) is 0.111. The van der Waals surface area contributed by atoms with Crippen LogP contribution in [0.4, 0.5) is 4.39 Å². The minimum atomic E-state index is -0.351. The van der Waals surface area contributed by atoms with E-state index in [1.807, 2.05) is 0 Å². The molecule has 0 bridgehead atoms. The first-order chi connectivity index (χ1) is 6.74. The van der Waals surface area contributed by atoms with Crippen LogP contribution in [0.25, 0.3) is 0 Å². The molecule has 1 heterocycles. The van der Waals surface area contributed by atoms with Crippen LogP contribution in [-0.2, 0) is 6.42 Å². The van der Waals surface area contributed by atoms with Gasteiger partial charge in [0.1, 0.15) is 11.6 Å². The molecule has 0 saturated carbocycles. The van der Waals surface area contributed by atoms with Crippen LogP contribution >= 0.6 is 0 Å². The molecule has 0 amide bonds. The highest BCUT2D eigenvalue weighted by atomic mass is 19.1. The van der Waals surface area contributed by atoms with Crippen molar-refractivity contribution in [3.63, 3.8) is 0 Å². The van der Waals surface area contributed by atoms with Crippen molar-refractivity contribution in [1.29, 1.82) is 0 Å². The second-order valence-electron chi connectivity index (χ2n) is 2.93. The van der Waals surface area contributed by atoms with E-state index in [1.165, 1.54) is 12.1 Å². The summed E-state index contributed by atoms with van der Waals surface area (Å²) >= 11 is 0. The number of hydrogen-bond acceptors (Lipinski definition) is 2. The third kappa shape index (κ3) is 1.87. The fourth-order valence-electron chi connectivity index (χ4n) is 1.23. The van der Waals surface area contributed by atoms with E-state index >= 15 is 0 Å². The van der Waals surface area contributed by atoms with E-state index in [9.17, 15) is 9.18 Å². The van der Waals surface area contributed by atoms with Gasteiger partial charge in [0.05, 0.1) is 0 Å². The predicted molar refractivity (Wildman–Crippen MR) is 48.4 cm³/mol. The summed E-state index contributed by atoms with van der Waals surface area (Å²) in [7, 11) is 0. The maximum Gasteiger partial charge on any atom is 0.340 e. The van der Waals surface area contributed by atoms with Gasteiger partial charge in [0.2, 0.25) is 0 Å². The molecule has 4 nitrogen and oxygen atoms in total. The van der Waals surface area contributed by atoms with Gasteiger partial charge in [0.15, 0.2) is 0 Å². The molecule has 0 spiro atoms. The van der Waals surface area contributed by atoms with Gasteiger partial charge in [0, 0.05) is 6.42 Å². The number of aromatic amines is 2.